The third kappa shape index (κ3) is 5.64. The van der Waals surface area contributed by atoms with Gasteiger partial charge in [0.25, 0.3) is 5.91 Å². The number of hydrogen-bond donors (Lipinski definition) is 1. The number of para-hydroxylation sites is 1. The molecule has 2 rings (SSSR count). The van der Waals surface area contributed by atoms with E-state index < -0.39 is 0 Å². The highest BCUT2D eigenvalue weighted by Crippen LogP contribution is 2.21. The number of benzene rings is 2. The van der Waals surface area contributed by atoms with Gasteiger partial charge in [0.2, 0.25) is 5.91 Å². The quantitative estimate of drug-likeness (QED) is 0.843. The van der Waals surface area contributed by atoms with E-state index in [1.54, 1.807) is 17.0 Å². The number of hydrogen-bond acceptors (Lipinski definition) is 3. The maximum atomic E-state index is 12.0. The number of ether oxygens (including phenoxy) is 1. The minimum absolute atomic E-state index is 0.0481. The highest BCUT2D eigenvalue weighted by Gasteiger charge is 2.14. The second-order valence-electron chi connectivity index (χ2n) is 5.91. The van der Waals surface area contributed by atoms with E-state index in [-0.39, 0.29) is 18.4 Å². The monoisotopic (exact) mass is 340 g/mol. The maximum Gasteiger partial charge on any atom is 0.258 e. The van der Waals surface area contributed by atoms with Gasteiger partial charge < -0.3 is 15.0 Å². The zero-order valence-electron chi connectivity index (χ0n) is 14.9. The van der Waals surface area contributed by atoms with Crippen LogP contribution in [0.3, 0.4) is 0 Å². The van der Waals surface area contributed by atoms with Gasteiger partial charge in [-0.3, -0.25) is 9.59 Å². The van der Waals surface area contributed by atoms with Crippen molar-refractivity contribution >= 4 is 17.5 Å². The Morgan fingerprint density at radius 3 is 2.48 bits per heavy atom. The molecule has 0 saturated carbocycles. The van der Waals surface area contributed by atoms with Gasteiger partial charge >= 0.3 is 0 Å². The molecule has 1 N–H and O–H groups in total. The molecule has 0 radical (unpaired) electrons. The Bertz CT molecular complexity index is 729. The van der Waals surface area contributed by atoms with Gasteiger partial charge in [-0.1, -0.05) is 30.3 Å². The first-order valence-electron chi connectivity index (χ1n) is 8.27. The second kappa shape index (κ2) is 8.87. The second-order valence-corrected chi connectivity index (χ2v) is 5.91. The summed E-state index contributed by atoms with van der Waals surface area (Å²) in [5, 5.41) is 2.78. The number of amides is 2. The standard InChI is InChI=1S/C20H24N2O3/c1-15-9-10-16(2)19(13-15)22(17(3)23)12-11-21-20(24)14-25-18-7-5-4-6-8-18/h4-10,13H,11-12,14H2,1-3H3,(H,21,24). The largest absolute Gasteiger partial charge is 0.484 e. The van der Waals surface area contributed by atoms with E-state index >= 15 is 0 Å². The summed E-state index contributed by atoms with van der Waals surface area (Å²) in [6.45, 7) is 6.22. The molecule has 0 aliphatic rings. The van der Waals surface area contributed by atoms with Gasteiger partial charge in [-0.05, 0) is 43.2 Å². The van der Waals surface area contributed by atoms with Crippen LogP contribution in [-0.2, 0) is 9.59 Å². The molecule has 2 aromatic carbocycles. The van der Waals surface area contributed by atoms with Crippen LogP contribution in [-0.4, -0.2) is 31.5 Å². The molecule has 0 spiro atoms. The predicted molar refractivity (Wildman–Crippen MR) is 98.9 cm³/mol. The summed E-state index contributed by atoms with van der Waals surface area (Å²) in [7, 11) is 0. The fourth-order valence-electron chi connectivity index (χ4n) is 2.48. The van der Waals surface area contributed by atoms with Gasteiger partial charge in [-0.25, -0.2) is 0 Å². The first-order chi connectivity index (χ1) is 12.0. The molecule has 0 unspecified atom stereocenters. The minimum atomic E-state index is -0.215. The van der Waals surface area contributed by atoms with Crippen LogP contribution < -0.4 is 15.0 Å². The number of carbonyl (C=O) groups is 2. The fraction of sp³-hybridized carbons (Fsp3) is 0.300. The van der Waals surface area contributed by atoms with Gasteiger partial charge in [-0.15, -0.1) is 0 Å². The van der Waals surface area contributed by atoms with E-state index in [2.05, 4.69) is 5.32 Å². The predicted octanol–water partition coefficient (Wildman–Crippen LogP) is 2.85. The van der Waals surface area contributed by atoms with Crippen molar-refractivity contribution in [2.75, 3.05) is 24.6 Å². The van der Waals surface area contributed by atoms with Gasteiger partial charge in [0.15, 0.2) is 6.61 Å². The summed E-state index contributed by atoms with van der Waals surface area (Å²) < 4.78 is 5.40. The van der Waals surface area contributed by atoms with Crippen LogP contribution in [0, 0.1) is 13.8 Å². The lowest BCUT2D eigenvalue weighted by molar-refractivity contribution is -0.123. The zero-order valence-corrected chi connectivity index (χ0v) is 14.9. The van der Waals surface area contributed by atoms with Crippen molar-refractivity contribution in [2.45, 2.75) is 20.8 Å². The summed E-state index contributed by atoms with van der Waals surface area (Å²) in [5.41, 5.74) is 2.99. The van der Waals surface area contributed by atoms with Crippen molar-refractivity contribution in [2.24, 2.45) is 0 Å². The van der Waals surface area contributed by atoms with E-state index in [4.69, 9.17) is 4.74 Å². The van der Waals surface area contributed by atoms with Gasteiger partial charge in [0.05, 0.1) is 0 Å². The number of rotatable bonds is 7. The van der Waals surface area contributed by atoms with Crippen molar-refractivity contribution < 1.29 is 14.3 Å². The number of anilines is 1. The van der Waals surface area contributed by atoms with E-state index in [0.717, 1.165) is 16.8 Å². The molecule has 0 fully saturated rings. The SMILES string of the molecule is CC(=O)N(CCNC(=O)COc1ccccc1)c1cc(C)ccc1C. The Balaban J connectivity index is 1.86. The van der Waals surface area contributed by atoms with Gasteiger partial charge in [0.1, 0.15) is 5.75 Å². The first-order valence-corrected chi connectivity index (χ1v) is 8.27. The molecule has 0 bridgehead atoms. The van der Waals surface area contributed by atoms with Gasteiger partial charge in [0, 0.05) is 25.7 Å². The Morgan fingerprint density at radius 1 is 1.08 bits per heavy atom. The molecule has 5 nitrogen and oxygen atoms in total. The van der Waals surface area contributed by atoms with Crippen LogP contribution >= 0.6 is 0 Å². The van der Waals surface area contributed by atoms with Crippen molar-refractivity contribution in [1.29, 1.82) is 0 Å². The van der Waals surface area contributed by atoms with Gasteiger partial charge in [-0.2, -0.15) is 0 Å². The molecule has 0 aliphatic carbocycles. The summed E-state index contributed by atoms with van der Waals surface area (Å²) in [4.78, 5) is 25.5. The molecule has 0 heterocycles. The van der Waals surface area contributed by atoms with E-state index in [9.17, 15) is 9.59 Å². The molecule has 0 aromatic heterocycles. The Morgan fingerprint density at radius 2 is 1.80 bits per heavy atom. The van der Waals surface area contributed by atoms with E-state index in [1.807, 2.05) is 50.2 Å². The molecule has 0 saturated heterocycles. The number of aryl methyl sites for hydroxylation is 2. The zero-order chi connectivity index (χ0) is 18.2. The maximum absolute atomic E-state index is 12.0. The van der Waals surface area contributed by atoms with Crippen LogP contribution in [0.2, 0.25) is 0 Å². The topological polar surface area (TPSA) is 58.6 Å². The smallest absolute Gasteiger partial charge is 0.258 e. The molecule has 25 heavy (non-hydrogen) atoms. The van der Waals surface area contributed by atoms with Crippen molar-refractivity contribution in [3.8, 4) is 5.75 Å². The number of nitrogens with zero attached hydrogens (tertiary/aromatic N) is 1. The molecule has 5 heteroatoms. The number of carbonyl (C=O) groups excluding carboxylic acids is 2. The molecular formula is C20H24N2O3. The van der Waals surface area contributed by atoms with Crippen LogP contribution in [0.4, 0.5) is 5.69 Å². The molecule has 0 aliphatic heterocycles. The van der Waals surface area contributed by atoms with Crippen molar-refractivity contribution in [1.82, 2.24) is 5.32 Å². The summed E-state index contributed by atoms with van der Waals surface area (Å²) in [5.74, 6) is 0.384. The average molecular weight is 340 g/mol. The van der Waals surface area contributed by atoms with Crippen LogP contribution in [0.15, 0.2) is 48.5 Å². The Hall–Kier alpha value is -2.82. The summed E-state index contributed by atoms with van der Waals surface area (Å²) in [6.07, 6.45) is 0. The average Bonchev–Trinajstić information content (AvgIpc) is 2.60. The number of nitrogens with one attached hydrogen (secondary N) is 1. The van der Waals surface area contributed by atoms with E-state index in [0.29, 0.717) is 18.8 Å². The highest BCUT2D eigenvalue weighted by molar-refractivity contribution is 5.92. The lowest BCUT2D eigenvalue weighted by Crippen LogP contribution is -2.39. The van der Waals surface area contributed by atoms with E-state index in [1.165, 1.54) is 6.92 Å². The molecule has 132 valence electrons. The third-order valence-electron chi connectivity index (χ3n) is 3.81. The Kier molecular flexibility index (Phi) is 6.57. The Labute approximate surface area is 148 Å². The minimum Gasteiger partial charge on any atom is -0.484 e. The molecular weight excluding hydrogens is 316 g/mol. The normalized spacial score (nSPS) is 10.2. The van der Waals surface area contributed by atoms with Crippen LogP contribution in [0.25, 0.3) is 0 Å². The third-order valence-corrected chi connectivity index (χ3v) is 3.81. The van der Waals surface area contributed by atoms with Crippen LogP contribution in [0.5, 0.6) is 5.75 Å². The molecule has 2 amide bonds. The summed E-state index contributed by atoms with van der Waals surface area (Å²) in [6, 6.07) is 15.2. The first kappa shape index (κ1) is 18.5. The van der Waals surface area contributed by atoms with Crippen molar-refractivity contribution in [3.05, 3.63) is 59.7 Å². The lowest BCUT2D eigenvalue weighted by atomic mass is 10.1. The molecule has 2 aromatic rings. The molecule has 0 atom stereocenters. The lowest BCUT2D eigenvalue weighted by Gasteiger charge is -2.23. The summed E-state index contributed by atoms with van der Waals surface area (Å²) >= 11 is 0. The fourth-order valence-corrected chi connectivity index (χ4v) is 2.48. The highest BCUT2D eigenvalue weighted by atomic mass is 16.5. The van der Waals surface area contributed by atoms with Crippen LogP contribution in [0.1, 0.15) is 18.1 Å². The van der Waals surface area contributed by atoms with Crippen molar-refractivity contribution in [3.63, 3.8) is 0 Å².